The minimum absolute atomic E-state index is 0.208. The van der Waals surface area contributed by atoms with E-state index in [-0.39, 0.29) is 17.9 Å². The van der Waals surface area contributed by atoms with E-state index in [2.05, 4.69) is 4.90 Å². The number of hydrogen-bond acceptors (Lipinski definition) is 4. The summed E-state index contributed by atoms with van der Waals surface area (Å²) in [6.07, 6.45) is 0.778. The highest BCUT2D eigenvalue weighted by Crippen LogP contribution is 2.35. The van der Waals surface area contributed by atoms with Crippen LogP contribution in [0.3, 0.4) is 0 Å². The van der Waals surface area contributed by atoms with Crippen LogP contribution in [-0.4, -0.2) is 46.9 Å². The lowest BCUT2D eigenvalue weighted by Gasteiger charge is -2.36. The molecule has 0 unspecified atom stereocenters. The summed E-state index contributed by atoms with van der Waals surface area (Å²) in [5.41, 5.74) is 0.652. The maximum Gasteiger partial charge on any atom is 0.410 e. The number of ether oxygens (including phenoxy) is 1. The van der Waals surface area contributed by atoms with Crippen LogP contribution in [0.1, 0.15) is 27.2 Å². The molecule has 1 N–H and O–H groups in total. The van der Waals surface area contributed by atoms with Crippen LogP contribution < -0.4 is 4.90 Å². The molecule has 0 aromatic heterocycles. The normalized spacial score (nSPS) is 24.5. The van der Waals surface area contributed by atoms with Gasteiger partial charge in [0.15, 0.2) is 0 Å². The van der Waals surface area contributed by atoms with E-state index < -0.39 is 5.60 Å². The minimum Gasteiger partial charge on any atom is -0.508 e. The van der Waals surface area contributed by atoms with Crippen molar-refractivity contribution in [1.29, 1.82) is 0 Å². The number of phenolic OH excluding ortho intramolecular Hbond substituents is 1. The second-order valence-electron chi connectivity index (χ2n) is 6.84. The van der Waals surface area contributed by atoms with E-state index in [9.17, 15) is 9.90 Å². The summed E-state index contributed by atoms with van der Waals surface area (Å²) in [5.74, 6) is 0.276. The summed E-state index contributed by atoms with van der Waals surface area (Å²) in [7, 11) is 0. The van der Waals surface area contributed by atoms with Gasteiger partial charge in [0.2, 0.25) is 0 Å². The molecule has 5 heteroatoms. The third-order valence-electron chi connectivity index (χ3n) is 4.05. The number of hydrogen-bond donors (Lipinski definition) is 1. The zero-order valence-corrected chi connectivity index (χ0v) is 12.7. The number of carbonyl (C=O) groups excluding carboxylic acids is 1. The molecule has 3 rings (SSSR count). The summed E-state index contributed by atoms with van der Waals surface area (Å²) in [5, 5.41) is 9.37. The molecule has 1 amide bonds. The first-order valence-electron chi connectivity index (χ1n) is 7.39. The Morgan fingerprint density at radius 1 is 1.19 bits per heavy atom. The zero-order chi connectivity index (χ0) is 15.2. The third kappa shape index (κ3) is 2.77. The maximum atomic E-state index is 12.2. The van der Waals surface area contributed by atoms with E-state index >= 15 is 0 Å². The van der Waals surface area contributed by atoms with Gasteiger partial charge in [0.1, 0.15) is 11.4 Å². The molecule has 1 aromatic carbocycles. The molecule has 2 heterocycles. The topological polar surface area (TPSA) is 53.0 Å². The van der Waals surface area contributed by atoms with Gasteiger partial charge in [0.05, 0.1) is 6.04 Å². The van der Waals surface area contributed by atoms with Gasteiger partial charge in [-0.15, -0.1) is 0 Å². The first kappa shape index (κ1) is 14.0. The molecule has 2 bridgehead atoms. The van der Waals surface area contributed by atoms with E-state index in [1.807, 2.05) is 37.8 Å². The molecule has 114 valence electrons. The maximum absolute atomic E-state index is 12.2. The lowest BCUT2D eigenvalue weighted by atomic mass is 10.2. The van der Waals surface area contributed by atoms with Crippen LogP contribution in [0, 0.1) is 0 Å². The van der Waals surface area contributed by atoms with Crippen molar-refractivity contribution in [3.05, 3.63) is 24.3 Å². The number of likely N-dealkylation sites (tertiary alicyclic amines) is 1. The molecule has 2 fully saturated rings. The monoisotopic (exact) mass is 290 g/mol. The van der Waals surface area contributed by atoms with Gasteiger partial charge in [-0.2, -0.15) is 0 Å². The molecule has 2 atom stereocenters. The summed E-state index contributed by atoms with van der Waals surface area (Å²) >= 11 is 0. The smallest absolute Gasteiger partial charge is 0.410 e. The molecule has 5 nitrogen and oxygen atoms in total. The van der Waals surface area contributed by atoms with E-state index in [1.165, 1.54) is 0 Å². The number of phenols is 1. The zero-order valence-electron chi connectivity index (χ0n) is 12.7. The Morgan fingerprint density at radius 2 is 1.86 bits per heavy atom. The fourth-order valence-corrected chi connectivity index (χ4v) is 3.17. The Balaban J connectivity index is 1.66. The Hall–Kier alpha value is -1.91. The number of amides is 1. The van der Waals surface area contributed by atoms with Crippen LogP contribution in [0.25, 0.3) is 0 Å². The second kappa shape index (κ2) is 4.83. The highest BCUT2D eigenvalue weighted by Gasteiger charge is 2.46. The number of aromatic hydroxyl groups is 1. The van der Waals surface area contributed by atoms with Crippen LogP contribution >= 0.6 is 0 Å². The molecule has 1 aromatic rings. The second-order valence-corrected chi connectivity index (χ2v) is 6.84. The molecule has 0 spiro atoms. The Kier molecular flexibility index (Phi) is 3.23. The summed E-state index contributed by atoms with van der Waals surface area (Å²) in [6.45, 7) is 7.21. The van der Waals surface area contributed by atoms with Crippen molar-refractivity contribution in [2.75, 3.05) is 18.0 Å². The van der Waals surface area contributed by atoms with Crippen LogP contribution in [0.4, 0.5) is 10.5 Å². The van der Waals surface area contributed by atoms with Gasteiger partial charge in [-0.25, -0.2) is 4.79 Å². The van der Waals surface area contributed by atoms with Crippen LogP contribution in [0.15, 0.2) is 24.3 Å². The Bertz CT molecular complexity index is 535. The number of anilines is 1. The average Bonchev–Trinajstić information content (AvgIpc) is 2.97. The summed E-state index contributed by atoms with van der Waals surface area (Å²) < 4.78 is 5.47. The van der Waals surface area contributed by atoms with Gasteiger partial charge in [-0.05, 0) is 51.5 Å². The van der Waals surface area contributed by atoms with Gasteiger partial charge in [-0.3, -0.25) is 0 Å². The third-order valence-corrected chi connectivity index (χ3v) is 4.05. The van der Waals surface area contributed by atoms with Crippen molar-refractivity contribution >= 4 is 11.8 Å². The Morgan fingerprint density at radius 3 is 2.38 bits per heavy atom. The first-order valence-corrected chi connectivity index (χ1v) is 7.39. The summed E-state index contributed by atoms with van der Waals surface area (Å²) in [4.78, 5) is 16.4. The number of nitrogens with zero attached hydrogens (tertiary/aromatic N) is 2. The molecule has 2 aliphatic heterocycles. The van der Waals surface area contributed by atoms with Crippen molar-refractivity contribution in [1.82, 2.24) is 4.90 Å². The standard InChI is InChI=1S/C16H22N2O3/c1-16(2,3)21-15(20)18-10-12-8-13(18)9-17(12)11-4-6-14(19)7-5-11/h4-7,12-13,19H,8-10H2,1-3H3/t12-,13-/m0/s1. The van der Waals surface area contributed by atoms with E-state index in [0.29, 0.717) is 12.6 Å². The molecule has 2 aliphatic rings. The van der Waals surface area contributed by atoms with Crippen LogP contribution in [0.5, 0.6) is 5.75 Å². The van der Waals surface area contributed by atoms with Gasteiger partial charge < -0.3 is 19.6 Å². The minimum atomic E-state index is -0.449. The van der Waals surface area contributed by atoms with Crippen LogP contribution in [-0.2, 0) is 4.74 Å². The van der Waals surface area contributed by atoms with Crippen molar-refractivity contribution < 1.29 is 14.6 Å². The average molecular weight is 290 g/mol. The number of piperazine rings is 1. The highest BCUT2D eigenvalue weighted by molar-refractivity contribution is 5.70. The largest absolute Gasteiger partial charge is 0.508 e. The molecular weight excluding hydrogens is 268 g/mol. The molecule has 0 aliphatic carbocycles. The predicted octanol–water partition coefficient (Wildman–Crippen LogP) is 2.59. The highest BCUT2D eigenvalue weighted by atomic mass is 16.6. The first-order chi connectivity index (χ1) is 9.83. The van der Waals surface area contributed by atoms with Crippen molar-refractivity contribution in [2.24, 2.45) is 0 Å². The quantitative estimate of drug-likeness (QED) is 0.863. The van der Waals surface area contributed by atoms with Crippen molar-refractivity contribution in [3.8, 4) is 5.75 Å². The van der Waals surface area contributed by atoms with Gasteiger partial charge in [0, 0.05) is 24.8 Å². The predicted molar refractivity (Wildman–Crippen MR) is 80.6 cm³/mol. The van der Waals surface area contributed by atoms with Gasteiger partial charge >= 0.3 is 6.09 Å². The number of carbonyl (C=O) groups is 1. The summed E-state index contributed by atoms with van der Waals surface area (Å²) in [6, 6.07) is 7.81. The number of rotatable bonds is 1. The molecular formula is C16H22N2O3. The number of fused-ring (bicyclic) bond motifs is 2. The fraction of sp³-hybridized carbons (Fsp3) is 0.562. The van der Waals surface area contributed by atoms with E-state index in [1.54, 1.807) is 12.1 Å². The molecule has 0 radical (unpaired) electrons. The molecule has 21 heavy (non-hydrogen) atoms. The van der Waals surface area contributed by atoms with E-state index in [4.69, 9.17) is 4.74 Å². The molecule has 2 saturated heterocycles. The van der Waals surface area contributed by atoms with Crippen LogP contribution in [0.2, 0.25) is 0 Å². The number of benzene rings is 1. The van der Waals surface area contributed by atoms with E-state index in [0.717, 1.165) is 18.7 Å². The fourth-order valence-electron chi connectivity index (χ4n) is 3.17. The lowest BCUT2D eigenvalue weighted by Crippen LogP contribution is -2.50. The van der Waals surface area contributed by atoms with Gasteiger partial charge in [-0.1, -0.05) is 0 Å². The van der Waals surface area contributed by atoms with Crippen molar-refractivity contribution in [3.63, 3.8) is 0 Å². The van der Waals surface area contributed by atoms with Gasteiger partial charge in [0.25, 0.3) is 0 Å². The SMILES string of the molecule is CC(C)(C)OC(=O)N1C[C@@H]2C[C@H]1CN2c1ccc(O)cc1. The van der Waals surface area contributed by atoms with Crippen molar-refractivity contribution in [2.45, 2.75) is 44.9 Å². The molecule has 0 saturated carbocycles. The lowest BCUT2D eigenvalue weighted by molar-refractivity contribution is 0.0215. The Labute approximate surface area is 125 Å².